The van der Waals surface area contributed by atoms with Gasteiger partial charge in [0, 0.05) is 32.0 Å². The Morgan fingerprint density at radius 1 is 1.13 bits per heavy atom. The van der Waals surface area contributed by atoms with Crippen molar-refractivity contribution in [2.75, 3.05) is 26.2 Å². The molecule has 4 atom stereocenters. The van der Waals surface area contributed by atoms with Gasteiger partial charge in [0.15, 0.2) is 0 Å². The number of fused-ring (bicyclic) bond motifs is 7. The van der Waals surface area contributed by atoms with Crippen molar-refractivity contribution in [1.29, 1.82) is 0 Å². The van der Waals surface area contributed by atoms with E-state index in [1.54, 1.807) is 5.57 Å². The predicted molar refractivity (Wildman–Crippen MR) is 118 cm³/mol. The van der Waals surface area contributed by atoms with Crippen LogP contribution in [0, 0.1) is 11.8 Å². The number of carbonyl (C=O) groups excluding carboxylic acids is 1. The molecule has 4 heterocycles. The molecule has 160 valence electrons. The average molecular weight is 407 g/mol. The van der Waals surface area contributed by atoms with Gasteiger partial charge in [-0.15, -0.1) is 0 Å². The van der Waals surface area contributed by atoms with Crippen LogP contribution in [0.1, 0.15) is 56.1 Å². The van der Waals surface area contributed by atoms with Crippen LogP contribution in [0.3, 0.4) is 0 Å². The van der Waals surface area contributed by atoms with Crippen molar-refractivity contribution in [2.45, 2.75) is 69.9 Å². The van der Waals surface area contributed by atoms with Gasteiger partial charge < -0.3 is 9.64 Å². The Kier molecular flexibility index (Phi) is 4.86. The number of hydrogen-bond donors (Lipinski definition) is 0. The minimum Gasteiger partial charge on any atom is -0.493 e. The lowest BCUT2D eigenvalue weighted by molar-refractivity contribution is -0.136. The Hall–Kier alpha value is -1.81. The first-order valence-electron chi connectivity index (χ1n) is 12.2. The Morgan fingerprint density at radius 3 is 3.07 bits per heavy atom. The molecule has 0 saturated carbocycles. The third kappa shape index (κ3) is 3.28. The molecule has 0 unspecified atom stereocenters. The number of aryl methyl sites for hydroxylation is 1. The van der Waals surface area contributed by atoms with E-state index < -0.39 is 0 Å². The molecule has 4 nitrogen and oxygen atoms in total. The van der Waals surface area contributed by atoms with Gasteiger partial charge in [-0.3, -0.25) is 9.69 Å². The maximum atomic E-state index is 13.4. The molecule has 0 aromatic heterocycles. The standard InChI is InChI=1S/C26H34N2O2/c29-25(9-7-18-6-8-24-19(14-18)10-13-30-24)28-12-3-4-20-15-21-16-22(26(20)28)17-27-11-2-1-5-23(21)27/h6,8,14-15,21-23,26H,1-5,7,9-13,16-17H2/t21-,22+,23+,26-/m0/s1. The van der Waals surface area contributed by atoms with E-state index in [4.69, 9.17) is 4.74 Å². The molecule has 4 aliphatic heterocycles. The van der Waals surface area contributed by atoms with Gasteiger partial charge in [-0.05, 0) is 74.1 Å². The first kappa shape index (κ1) is 18.9. The van der Waals surface area contributed by atoms with Crippen LogP contribution in [0.5, 0.6) is 5.75 Å². The van der Waals surface area contributed by atoms with E-state index in [1.807, 2.05) is 0 Å². The van der Waals surface area contributed by atoms with Crippen LogP contribution in [0.25, 0.3) is 0 Å². The molecule has 1 aliphatic carbocycles. The van der Waals surface area contributed by atoms with Crippen molar-refractivity contribution >= 4 is 5.91 Å². The van der Waals surface area contributed by atoms with Crippen molar-refractivity contribution in [1.82, 2.24) is 9.80 Å². The van der Waals surface area contributed by atoms with Gasteiger partial charge in [0.2, 0.25) is 5.91 Å². The Labute approximate surface area is 180 Å². The zero-order chi connectivity index (χ0) is 20.1. The molecule has 4 heteroatoms. The first-order valence-corrected chi connectivity index (χ1v) is 12.2. The number of likely N-dealkylation sites (tertiary alicyclic amines) is 1. The second-order valence-corrected chi connectivity index (χ2v) is 10.1. The van der Waals surface area contributed by atoms with Gasteiger partial charge in [-0.1, -0.05) is 30.2 Å². The molecule has 1 amide bonds. The summed E-state index contributed by atoms with van der Waals surface area (Å²) in [5.41, 5.74) is 4.17. The lowest BCUT2D eigenvalue weighted by atomic mass is 9.68. The summed E-state index contributed by atoms with van der Waals surface area (Å²) >= 11 is 0. The molecule has 1 aromatic rings. The largest absolute Gasteiger partial charge is 0.493 e. The third-order valence-electron chi connectivity index (χ3n) is 8.36. The van der Waals surface area contributed by atoms with Gasteiger partial charge in [0.05, 0.1) is 12.6 Å². The normalized spacial score (nSPS) is 32.5. The maximum absolute atomic E-state index is 13.4. The maximum Gasteiger partial charge on any atom is 0.223 e. The van der Waals surface area contributed by atoms with Gasteiger partial charge in [0.25, 0.3) is 0 Å². The van der Waals surface area contributed by atoms with Crippen molar-refractivity contribution in [3.8, 4) is 5.75 Å². The topological polar surface area (TPSA) is 32.8 Å². The van der Waals surface area contributed by atoms with E-state index in [2.05, 4.69) is 34.1 Å². The lowest BCUT2D eigenvalue weighted by Crippen LogP contribution is -2.60. The number of carbonyl (C=O) groups is 1. The zero-order valence-corrected chi connectivity index (χ0v) is 18.0. The number of amides is 1. The van der Waals surface area contributed by atoms with E-state index in [-0.39, 0.29) is 0 Å². The molecule has 0 spiro atoms. The molecular weight excluding hydrogens is 372 g/mol. The molecular formula is C26H34N2O2. The molecule has 1 aromatic carbocycles. The van der Waals surface area contributed by atoms with Crippen molar-refractivity contribution < 1.29 is 9.53 Å². The van der Waals surface area contributed by atoms with Crippen LogP contribution in [0.4, 0.5) is 0 Å². The highest BCUT2D eigenvalue weighted by Gasteiger charge is 2.46. The molecule has 6 rings (SSSR count). The van der Waals surface area contributed by atoms with Gasteiger partial charge in [-0.2, -0.15) is 0 Å². The first-order chi connectivity index (χ1) is 14.8. The summed E-state index contributed by atoms with van der Waals surface area (Å²) in [5, 5.41) is 0. The predicted octanol–water partition coefficient (Wildman–Crippen LogP) is 3.98. The highest BCUT2D eigenvalue weighted by molar-refractivity contribution is 5.77. The van der Waals surface area contributed by atoms with Crippen LogP contribution in [-0.2, 0) is 17.6 Å². The van der Waals surface area contributed by atoms with Crippen LogP contribution in [0.15, 0.2) is 29.8 Å². The fraction of sp³-hybridized carbons (Fsp3) is 0.654. The average Bonchev–Trinajstić information content (AvgIpc) is 3.25. The van der Waals surface area contributed by atoms with E-state index in [0.717, 1.165) is 50.1 Å². The third-order valence-corrected chi connectivity index (χ3v) is 8.36. The van der Waals surface area contributed by atoms with Gasteiger partial charge in [-0.25, -0.2) is 0 Å². The van der Waals surface area contributed by atoms with Crippen LogP contribution >= 0.6 is 0 Å². The highest BCUT2D eigenvalue weighted by Crippen LogP contribution is 2.45. The molecule has 0 radical (unpaired) electrons. The Balaban J connectivity index is 1.17. The second-order valence-electron chi connectivity index (χ2n) is 10.1. The number of benzene rings is 1. The fourth-order valence-electron chi connectivity index (χ4n) is 7.04. The molecule has 0 N–H and O–H groups in total. The smallest absolute Gasteiger partial charge is 0.223 e. The fourth-order valence-corrected chi connectivity index (χ4v) is 7.04. The van der Waals surface area contributed by atoms with Crippen molar-refractivity contribution in [3.05, 3.63) is 41.0 Å². The van der Waals surface area contributed by atoms with E-state index in [9.17, 15) is 4.79 Å². The summed E-state index contributed by atoms with van der Waals surface area (Å²) in [6, 6.07) is 7.63. The number of piperidine rings is 3. The molecule has 3 fully saturated rings. The number of ether oxygens (including phenoxy) is 1. The lowest BCUT2D eigenvalue weighted by Gasteiger charge is -2.54. The molecule has 3 saturated heterocycles. The highest BCUT2D eigenvalue weighted by atomic mass is 16.5. The summed E-state index contributed by atoms with van der Waals surface area (Å²) in [4.78, 5) is 18.4. The second kappa shape index (κ2) is 7.71. The van der Waals surface area contributed by atoms with Crippen molar-refractivity contribution in [2.24, 2.45) is 11.8 Å². The van der Waals surface area contributed by atoms with Gasteiger partial charge in [0.1, 0.15) is 5.75 Å². The summed E-state index contributed by atoms with van der Waals surface area (Å²) in [6.07, 6.45) is 12.9. The summed E-state index contributed by atoms with van der Waals surface area (Å²) in [6.45, 7) is 4.22. The molecule has 30 heavy (non-hydrogen) atoms. The van der Waals surface area contributed by atoms with Crippen LogP contribution in [0.2, 0.25) is 0 Å². The summed E-state index contributed by atoms with van der Waals surface area (Å²) in [5.74, 6) is 2.77. The minimum atomic E-state index is 0.363. The number of nitrogens with zero attached hydrogens (tertiary/aromatic N) is 2. The van der Waals surface area contributed by atoms with E-state index in [0.29, 0.717) is 24.3 Å². The van der Waals surface area contributed by atoms with Crippen molar-refractivity contribution in [3.63, 3.8) is 0 Å². The molecule has 2 bridgehead atoms. The molecule has 5 aliphatic rings. The monoisotopic (exact) mass is 406 g/mol. The van der Waals surface area contributed by atoms with E-state index >= 15 is 0 Å². The van der Waals surface area contributed by atoms with Gasteiger partial charge >= 0.3 is 0 Å². The summed E-state index contributed by atoms with van der Waals surface area (Å²) < 4.78 is 5.62. The minimum absolute atomic E-state index is 0.363. The summed E-state index contributed by atoms with van der Waals surface area (Å²) in [7, 11) is 0. The van der Waals surface area contributed by atoms with E-state index in [1.165, 1.54) is 56.3 Å². The zero-order valence-electron chi connectivity index (χ0n) is 18.0. The Morgan fingerprint density at radius 2 is 2.10 bits per heavy atom. The quantitative estimate of drug-likeness (QED) is 0.712. The van der Waals surface area contributed by atoms with Crippen LogP contribution < -0.4 is 4.74 Å². The van der Waals surface area contributed by atoms with Crippen LogP contribution in [-0.4, -0.2) is 54.0 Å². The number of hydrogen-bond acceptors (Lipinski definition) is 3. The number of rotatable bonds is 3. The Bertz CT molecular complexity index is 863. The SMILES string of the molecule is O=C(CCc1ccc2c(c1)CCO2)N1CCCC2=C[C@H]3C[C@H](CN4CCCC[C@H]34)[C@H]21.